The fraction of sp³-hybridized carbons (Fsp3) is 0.500. The Morgan fingerprint density at radius 3 is 2.69 bits per heavy atom. The van der Waals surface area contributed by atoms with E-state index in [1.807, 2.05) is 6.92 Å². The number of hydrogen-bond donors (Lipinski definition) is 1. The van der Waals surface area contributed by atoms with Crippen LogP contribution in [0, 0.1) is 17.6 Å². The molecule has 1 atom stereocenters. The zero-order valence-corrected chi connectivity index (χ0v) is 9.59. The zero-order chi connectivity index (χ0) is 12.1. The largest absolute Gasteiger partial charge is 0.491 e. The number of hydrogen-bond acceptors (Lipinski definition) is 2. The third-order valence-corrected chi connectivity index (χ3v) is 2.36. The lowest BCUT2D eigenvalue weighted by Crippen LogP contribution is -2.10. The SMILES string of the molecule is CCCC(C)COc1cc(F)cc(F)c1N. The highest BCUT2D eigenvalue weighted by atomic mass is 19.1. The first-order valence-corrected chi connectivity index (χ1v) is 5.42. The van der Waals surface area contributed by atoms with Crippen molar-refractivity contribution in [3.8, 4) is 5.75 Å². The van der Waals surface area contributed by atoms with Crippen molar-refractivity contribution in [2.45, 2.75) is 26.7 Å². The molecule has 0 aromatic heterocycles. The molecule has 0 bridgehead atoms. The molecule has 0 fully saturated rings. The number of ether oxygens (including phenoxy) is 1. The quantitative estimate of drug-likeness (QED) is 0.786. The lowest BCUT2D eigenvalue weighted by Gasteiger charge is -2.13. The Morgan fingerprint density at radius 1 is 1.38 bits per heavy atom. The number of nitrogen functional groups attached to an aromatic ring is 1. The van der Waals surface area contributed by atoms with E-state index in [0.29, 0.717) is 12.5 Å². The summed E-state index contributed by atoms with van der Waals surface area (Å²) >= 11 is 0. The summed E-state index contributed by atoms with van der Waals surface area (Å²) in [4.78, 5) is 0. The smallest absolute Gasteiger partial charge is 0.152 e. The second-order valence-electron chi connectivity index (χ2n) is 4.00. The van der Waals surface area contributed by atoms with Gasteiger partial charge in [0.25, 0.3) is 0 Å². The molecule has 2 N–H and O–H groups in total. The highest BCUT2D eigenvalue weighted by molar-refractivity contribution is 5.53. The first kappa shape index (κ1) is 12.7. The molecule has 0 spiro atoms. The van der Waals surface area contributed by atoms with Gasteiger partial charge in [0.2, 0.25) is 0 Å². The lowest BCUT2D eigenvalue weighted by atomic mass is 10.1. The number of nitrogens with two attached hydrogens (primary N) is 1. The van der Waals surface area contributed by atoms with E-state index in [-0.39, 0.29) is 11.4 Å². The molecular formula is C12H17F2NO. The van der Waals surface area contributed by atoms with Gasteiger partial charge in [-0.3, -0.25) is 0 Å². The summed E-state index contributed by atoms with van der Waals surface area (Å²) in [6, 6.07) is 1.86. The van der Waals surface area contributed by atoms with Crippen molar-refractivity contribution in [3.05, 3.63) is 23.8 Å². The molecule has 0 aliphatic carbocycles. The minimum Gasteiger partial charge on any atom is -0.491 e. The van der Waals surface area contributed by atoms with Crippen LogP contribution in [0.15, 0.2) is 12.1 Å². The van der Waals surface area contributed by atoms with Crippen molar-refractivity contribution in [1.29, 1.82) is 0 Å². The maximum absolute atomic E-state index is 13.1. The molecule has 2 nitrogen and oxygen atoms in total. The van der Waals surface area contributed by atoms with Crippen LogP contribution in [0.3, 0.4) is 0 Å². The number of anilines is 1. The number of rotatable bonds is 5. The molecule has 1 unspecified atom stereocenters. The maximum atomic E-state index is 13.1. The minimum absolute atomic E-state index is 0.0838. The van der Waals surface area contributed by atoms with E-state index in [1.54, 1.807) is 0 Å². The Balaban J connectivity index is 2.66. The summed E-state index contributed by atoms with van der Waals surface area (Å²) in [5.74, 6) is -1.03. The van der Waals surface area contributed by atoms with E-state index in [1.165, 1.54) is 0 Å². The molecule has 0 heterocycles. The van der Waals surface area contributed by atoms with E-state index in [9.17, 15) is 8.78 Å². The molecule has 0 aliphatic rings. The van der Waals surface area contributed by atoms with Gasteiger partial charge in [-0.05, 0) is 12.3 Å². The monoisotopic (exact) mass is 229 g/mol. The summed E-state index contributed by atoms with van der Waals surface area (Å²) in [6.07, 6.45) is 2.06. The highest BCUT2D eigenvalue weighted by Crippen LogP contribution is 2.26. The van der Waals surface area contributed by atoms with Crippen LogP contribution >= 0.6 is 0 Å². The van der Waals surface area contributed by atoms with Gasteiger partial charge in [0, 0.05) is 12.1 Å². The predicted molar refractivity (Wildman–Crippen MR) is 60.3 cm³/mol. The van der Waals surface area contributed by atoms with Crippen LogP contribution < -0.4 is 10.5 Å². The average molecular weight is 229 g/mol. The Labute approximate surface area is 94.4 Å². The molecule has 0 aliphatic heterocycles. The Bertz CT molecular complexity index is 355. The normalized spacial score (nSPS) is 12.5. The summed E-state index contributed by atoms with van der Waals surface area (Å²) in [6.45, 7) is 4.52. The van der Waals surface area contributed by atoms with Crippen LogP contribution in [0.4, 0.5) is 14.5 Å². The van der Waals surface area contributed by atoms with E-state index in [4.69, 9.17) is 10.5 Å². The van der Waals surface area contributed by atoms with E-state index in [0.717, 1.165) is 25.0 Å². The van der Waals surface area contributed by atoms with Gasteiger partial charge in [-0.2, -0.15) is 0 Å². The van der Waals surface area contributed by atoms with Crippen LogP contribution in [0.5, 0.6) is 5.75 Å². The third-order valence-electron chi connectivity index (χ3n) is 2.36. The molecule has 0 amide bonds. The van der Waals surface area contributed by atoms with Crippen molar-refractivity contribution in [2.75, 3.05) is 12.3 Å². The van der Waals surface area contributed by atoms with Crippen LogP contribution in [-0.2, 0) is 0 Å². The summed E-state index contributed by atoms with van der Waals surface area (Å²) in [7, 11) is 0. The molecule has 4 heteroatoms. The third kappa shape index (κ3) is 3.36. The summed E-state index contributed by atoms with van der Waals surface area (Å²) in [5.41, 5.74) is 5.31. The number of benzene rings is 1. The summed E-state index contributed by atoms with van der Waals surface area (Å²) in [5, 5.41) is 0. The lowest BCUT2D eigenvalue weighted by molar-refractivity contribution is 0.251. The fourth-order valence-electron chi connectivity index (χ4n) is 1.49. The topological polar surface area (TPSA) is 35.2 Å². The molecule has 16 heavy (non-hydrogen) atoms. The van der Waals surface area contributed by atoms with E-state index >= 15 is 0 Å². The van der Waals surface area contributed by atoms with Crippen LogP contribution in [0.1, 0.15) is 26.7 Å². The van der Waals surface area contributed by atoms with E-state index in [2.05, 4.69) is 6.92 Å². The Morgan fingerprint density at radius 2 is 2.06 bits per heavy atom. The van der Waals surface area contributed by atoms with Gasteiger partial charge in [0.15, 0.2) is 5.82 Å². The molecule has 0 radical (unpaired) electrons. The maximum Gasteiger partial charge on any atom is 0.152 e. The van der Waals surface area contributed by atoms with Crippen molar-refractivity contribution >= 4 is 5.69 Å². The van der Waals surface area contributed by atoms with Crippen molar-refractivity contribution in [1.82, 2.24) is 0 Å². The van der Waals surface area contributed by atoms with Gasteiger partial charge >= 0.3 is 0 Å². The van der Waals surface area contributed by atoms with Gasteiger partial charge in [0.1, 0.15) is 17.3 Å². The number of halogens is 2. The van der Waals surface area contributed by atoms with Gasteiger partial charge in [-0.1, -0.05) is 20.3 Å². The second-order valence-corrected chi connectivity index (χ2v) is 4.00. The molecular weight excluding hydrogens is 212 g/mol. The Kier molecular flexibility index (Phi) is 4.52. The van der Waals surface area contributed by atoms with Gasteiger partial charge in [-0.15, -0.1) is 0 Å². The second kappa shape index (κ2) is 5.68. The highest BCUT2D eigenvalue weighted by Gasteiger charge is 2.10. The van der Waals surface area contributed by atoms with Crippen molar-refractivity contribution < 1.29 is 13.5 Å². The summed E-state index contributed by atoms with van der Waals surface area (Å²) < 4.78 is 31.3. The van der Waals surface area contributed by atoms with Gasteiger partial charge in [0.05, 0.1) is 6.61 Å². The van der Waals surface area contributed by atoms with Crippen LogP contribution in [0.25, 0.3) is 0 Å². The van der Waals surface area contributed by atoms with Gasteiger partial charge < -0.3 is 10.5 Å². The molecule has 90 valence electrons. The molecule has 1 aromatic carbocycles. The first-order chi connectivity index (χ1) is 7.54. The van der Waals surface area contributed by atoms with Crippen molar-refractivity contribution in [2.24, 2.45) is 5.92 Å². The molecule has 1 aromatic rings. The van der Waals surface area contributed by atoms with Crippen LogP contribution in [0.2, 0.25) is 0 Å². The standard InChI is InChI=1S/C12H17F2NO/c1-3-4-8(2)7-16-11-6-9(13)5-10(14)12(11)15/h5-6,8H,3-4,7,15H2,1-2H3. The molecule has 0 saturated heterocycles. The molecule has 1 rings (SSSR count). The van der Waals surface area contributed by atoms with Crippen LogP contribution in [-0.4, -0.2) is 6.61 Å². The zero-order valence-electron chi connectivity index (χ0n) is 9.59. The first-order valence-electron chi connectivity index (χ1n) is 5.42. The predicted octanol–water partition coefficient (Wildman–Crippen LogP) is 3.36. The van der Waals surface area contributed by atoms with Gasteiger partial charge in [-0.25, -0.2) is 8.78 Å². The molecule has 0 saturated carbocycles. The van der Waals surface area contributed by atoms with E-state index < -0.39 is 11.6 Å². The van der Waals surface area contributed by atoms with Crippen molar-refractivity contribution in [3.63, 3.8) is 0 Å². The Hall–Kier alpha value is -1.32. The average Bonchev–Trinajstić information content (AvgIpc) is 2.21. The minimum atomic E-state index is -0.779. The fourth-order valence-corrected chi connectivity index (χ4v) is 1.49.